The van der Waals surface area contributed by atoms with E-state index in [1.54, 1.807) is 50.5 Å². The van der Waals surface area contributed by atoms with Gasteiger partial charge in [-0.25, -0.2) is 4.98 Å². The monoisotopic (exact) mass is 619 g/mol. The van der Waals surface area contributed by atoms with Crippen LogP contribution in [0.25, 0.3) is 10.8 Å². The number of aromatic nitrogens is 3. The highest BCUT2D eigenvalue weighted by atomic mass is 31.2. The van der Waals surface area contributed by atoms with Crippen molar-refractivity contribution in [2.24, 2.45) is 7.05 Å². The van der Waals surface area contributed by atoms with Crippen molar-refractivity contribution in [3.05, 3.63) is 59.9 Å². The summed E-state index contributed by atoms with van der Waals surface area (Å²) in [5, 5.41) is 17.7. The first-order chi connectivity index (χ1) is 20.4. The van der Waals surface area contributed by atoms with Gasteiger partial charge in [-0.1, -0.05) is 18.2 Å². The molecule has 4 aromatic rings. The van der Waals surface area contributed by atoms with Crippen LogP contribution in [0.5, 0.6) is 11.6 Å². The molecule has 1 fully saturated rings. The molecule has 1 atom stereocenters. The first-order valence-corrected chi connectivity index (χ1v) is 15.5. The van der Waals surface area contributed by atoms with Crippen LogP contribution in [0, 0.1) is 0 Å². The van der Waals surface area contributed by atoms with E-state index < -0.39 is 30.8 Å². The predicted molar refractivity (Wildman–Crippen MR) is 158 cm³/mol. The number of nitrogens with one attached hydrogen (secondary N) is 2. The first-order valence-electron chi connectivity index (χ1n) is 13.8. The zero-order chi connectivity index (χ0) is 30.9. The van der Waals surface area contributed by atoms with Gasteiger partial charge in [-0.2, -0.15) is 18.2 Å². The second kappa shape index (κ2) is 12.1. The molecule has 1 aliphatic rings. The Hall–Kier alpha value is -3.80. The Morgan fingerprint density at radius 2 is 1.81 bits per heavy atom. The van der Waals surface area contributed by atoms with Gasteiger partial charge in [0.15, 0.2) is 0 Å². The van der Waals surface area contributed by atoms with Gasteiger partial charge in [-0.05, 0) is 62.3 Å². The van der Waals surface area contributed by atoms with Gasteiger partial charge in [0, 0.05) is 24.8 Å². The molecular weight excluding hydrogens is 586 g/mol. The molecule has 0 amide bonds. The summed E-state index contributed by atoms with van der Waals surface area (Å²) in [7, 11) is -0.589. The minimum Gasteiger partial charge on any atom is -0.495 e. The Balaban J connectivity index is 1.49. The number of anilines is 4. The van der Waals surface area contributed by atoms with Crippen LogP contribution >= 0.6 is 7.60 Å². The Morgan fingerprint density at radius 3 is 2.49 bits per heavy atom. The van der Waals surface area contributed by atoms with Gasteiger partial charge >= 0.3 is 13.8 Å². The number of methoxy groups -OCH3 is 1. The third-order valence-electron chi connectivity index (χ3n) is 7.77. The third kappa shape index (κ3) is 6.29. The third-order valence-corrected chi connectivity index (χ3v) is 9.84. The van der Waals surface area contributed by atoms with E-state index >= 15 is 0 Å². The highest BCUT2D eigenvalue weighted by Crippen LogP contribution is 2.55. The molecule has 0 aliphatic heterocycles. The fourth-order valence-electron chi connectivity index (χ4n) is 5.65. The second-order valence-corrected chi connectivity index (χ2v) is 12.6. The van der Waals surface area contributed by atoms with Crippen molar-refractivity contribution in [3.63, 3.8) is 0 Å². The van der Waals surface area contributed by atoms with Gasteiger partial charge in [-0.3, -0.25) is 4.57 Å². The molecule has 14 heteroatoms. The fourth-order valence-corrected chi connectivity index (χ4v) is 7.18. The number of rotatable bonds is 9. The average molecular weight is 620 g/mol. The SMILES string of the molecule is CCOP(=O)(O)C1CCC(c2ccc(Nc3nc(Nc4ccccc4OC)ncc3C(F)(F)F)c3c(O)n(C)cc23)CC1. The van der Waals surface area contributed by atoms with E-state index in [9.17, 15) is 27.7 Å². The molecule has 2 aromatic heterocycles. The van der Waals surface area contributed by atoms with Crippen LogP contribution in [0.2, 0.25) is 0 Å². The zero-order valence-electron chi connectivity index (χ0n) is 23.9. The van der Waals surface area contributed by atoms with E-state index in [1.807, 2.05) is 6.07 Å². The smallest absolute Gasteiger partial charge is 0.421 e. The van der Waals surface area contributed by atoms with E-state index in [0.29, 0.717) is 54.1 Å². The minimum absolute atomic E-state index is 0.0256. The lowest BCUT2D eigenvalue weighted by atomic mass is 9.82. The Bertz CT molecular complexity index is 1670. The largest absolute Gasteiger partial charge is 0.495 e. The number of hydrogen-bond acceptors (Lipinski definition) is 8. The van der Waals surface area contributed by atoms with Gasteiger partial charge in [0.05, 0.1) is 36.1 Å². The number of benzene rings is 2. The second-order valence-electron chi connectivity index (χ2n) is 10.4. The lowest BCUT2D eigenvalue weighted by Gasteiger charge is -2.31. The lowest BCUT2D eigenvalue weighted by Crippen LogP contribution is -2.19. The number of alkyl halides is 3. The maximum atomic E-state index is 14.0. The summed E-state index contributed by atoms with van der Waals surface area (Å²) >= 11 is 0. The summed E-state index contributed by atoms with van der Waals surface area (Å²) in [5.41, 5.74) is 0.0792. The molecule has 43 heavy (non-hydrogen) atoms. The molecule has 0 saturated heterocycles. The molecule has 1 unspecified atom stereocenters. The summed E-state index contributed by atoms with van der Waals surface area (Å²) in [6.45, 7) is 1.84. The molecule has 230 valence electrons. The molecule has 2 heterocycles. The molecule has 0 spiro atoms. The zero-order valence-corrected chi connectivity index (χ0v) is 24.7. The van der Waals surface area contributed by atoms with Crippen LogP contribution in [0.3, 0.4) is 0 Å². The van der Waals surface area contributed by atoms with Crippen LogP contribution in [0.1, 0.15) is 49.7 Å². The topological polar surface area (TPSA) is 131 Å². The summed E-state index contributed by atoms with van der Waals surface area (Å²) in [6.07, 6.45) is -0.0792. The van der Waals surface area contributed by atoms with Gasteiger partial charge < -0.3 is 34.5 Å². The minimum atomic E-state index is -4.75. The van der Waals surface area contributed by atoms with Crippen molar-refractivity contribution in [1.82, 2.24) is 14.5 Å². The van der Waals surface area contributed by atoms with Crippen LogP contribution in [-0.2, 0) is 22.3 Å². The standard InChI is InChI=1S/C29H33F3N5O5P/c1-4-42-43(39,40)18-11-9-17(10-12-18)19-13-14-23(25-20(19)16-37(2)27(25)38)34-26-21(29(30,31)32)15-33-28(36-26)35-22-7-5-6-8-24(22)41-3/h5-8,13-18,38H,4,9-12H2,1-3H3,(H,39,40)(H2,33,34,35,36). The van der Waals surface area contributed by atoms with Crippen molar-refractivity contribution >= 4 is 41.5 Å². The molecule has 0 bridgehead atoms. The number of para-hydroxylation sites is 2. The van der Waals surface area contributed by atoms with Crippen LogP contribution in [-0.4, -0.2) is 43.9 Å². The first kappa shape index (κ1) is 30.7. The normalized spacial score (nSPS) is 18.8. The Labute approximate surface area is 246 Å². The highest BCUT2D eigenvalue weighted by molar-refractivity contribution is 7.53. The van der Waals surface area contributed by atoms with Crippen molar-refractivity contribution < 1.29 is 37.0 Å². The van der Waals surface area contributed by atoms with Gasteiger partial charge in [0.2, 0.25) is 11.8 Å². The maximum absolute atomic E-state index is 14.0. The van der Waals surface area contributed by atoms with Gasteiger partial charge in [0.25, 0.3) is 0 Å². The number of aryl methyl sites for hydroxylation is 1. The van der Waals surface area contributed by atoms with Gasteiger partial charge in [0.1, 0.15) is 17.1 Å². The molecule has 1 aliphatic carbocycles. The summed E-state index contributed by atoms with van der Waals surface area (Å²) in [4.78, 5) is 18.3. The molecular formula is C29H33F3N5O5P. The predicted octanol–water partition coefficient (Wildman–Crippen LogP) is 7.44. The van der Waals surface area contributed by atoms with Crippen molar-refractivity contribution in [2.45, 2.75) is 50.4 Å². The lowest BCUT2D eigenvalue weighted by molar-refractivity contribution is -0.137. The van der Waals surface area contributed by atoms with E-state index in [4.69, 9.17) is 9.26 Å². The average Bonchev–Trinajstić information content (AvgIpc) is 3.27. The number of nitrogens with zero attached hydrogens (tertiary/aromatic N) is 3. The van der Waals surface area contributed by atoms with Crippen molar-refractivity contribution in [1.29, 1.82) is 0 Å². The number of aromatic hydroxyl groups is 1. The number of hydrogen-bond donors (Lipinski definition) is 4. The molecule has 2 aromatic carbocycles. The summed E-state index contributed by atoms with van der Waals surface area (Å²) < 4.78 is 66.6. The Kier molecular flexibility index (Phi) is 8.60. The van der Waals surface area contributed by atoms with Crippen molar-refractivity contribution in [3.8, 4) is 11.6 Å². The number of fused-ring (bicyclic) bond motifs is 1. The van der Waals surface area contributed by atoms with E-state index in [2.05, 4.69) is 20.6 Å². The quantitative estimate of drug-likeness (QED) is 0.141. The maximum Gasteiger partial charge on any atom is 0.421 e. The molecule has 4 N–H and O–H groups in total. The number of ether oxygens (including phenoxy) is 1. The van der Waals surface area contributed by atoms with Crippen LogP contribution in [0.15, 0.2) is 48.8 Å². The summed E-state index contributed by atoms with van der Waals surface area (Å²) in [6, 6.07) is 10.3. The number of halogens is 3. The molecule has 0 radical (unpaired) electrons. The fraction of sp³-hybridized carbons (Fsp3) is 0.379. The van der Waals surface area contributed by atoms with Gasteiger partial charge in [-0.15, -0.1) is 0 Å². The van der Waals surface area contributed by atoms with Crippen LogP contribution < -0.4 is 15.4 Å². The molecule has 10 nitrogen and oxygen atoms in total. The van der Waals surface area contributed by atoms with E-state index in [1.165, 1.54) is 11.7 Å². The summed E-state index contributed by atoms with van der Waals surface area (Å²) in [5.74, 6) is -0.222. The van der Waals surface area contributed by atoms with E-state index in [-0.39, 0.29) is 30.0 Å². The van der Waals surface area contributed by atoms with Crippen molar-refractivity contribution in [2.75, 3.05) is 24.4 Å². The highest BCUT2D eigenvalue weighted by Gasteiger charge is 2.37. The molecule has 5 rings (SSSR count). The Morgan fingerprint density at radius 1 is 1.09 bits per heavy atom. The van der Waals surface area contributed by atoms with E-state index in [0.717, 1.165) is 5.56 Å². The van der Waals surface area contributed by atoms with Crippen LogP contribution in [0.4, 0.5) is 36.3 Å². The molecule has 1 saturated carbocycles.